The highest BCUT2D eigenvalue weighted by Crippen LogP contribution is 2.32. The Morgan fingerprint density at radius 3 is 2.16 bits per heavy atom. The summed E-state index contributed by atoms with van der Waals surface area (Å²) < 4.78 is 16.8. The molecule has 4 nitrogen and oxygen atoms in total. The van der Waals surface area contributed by atoms with Crippen molar-refractivity contribution in [1.82, 2.24) is 0 Å². The standard InChI is InChI=1S/C20H18ClNO3/c1-23-16-6-2-14(3-7-16)13-24-20-12-18(10-11-19(20)21)25-17-8-4-15(22)5-9-17/h2-12H,13,22H2,1H3. The van der Waals surface area contributed by atoms with Crippen molar-refractivity contribution in [1.29, 1.82) is 0 Å². The first kappa shape index (κ1) is 17.0. The lowest BCUT2D eigenvalue weighted by Gasteiger charge is -2.11. The van der Waals surface area contributed by atoms with E-state index < -0.39 is 0 Å². The number of hydrogen-bond donors (Lipinski definition) is 1. The molecule has 3 rings (SSSR count). The van der Waals surface area contributed by atoms with E-state index in [-0.39, 0.29) is 0 Å². The van der Waals surface area contributed by atoms with E-state index in [9.17, 15) is 0 Å². The van der Waals surface area contributed by atoms with E-state index in [1.165, 1.54) is 0 Å². The van der Waals surface area contributed by atoms with Crippen LogP contribution < -0.4 is 19.9 Å². The summed E-state index contributed by atoms with van der Waals surface area (Å²) in [6, 6.07) is 20.2. The molecule has 0 radical (unpaired) electrons. The minimum Gasteiger partial charge on any atom is -0.497 e. The van der Waals surface area contributed by atoms with Crippen molar-refractivity contribution in [3.63, 3.8) is 0 Å². The molecule has 0 aliphatic carbocycles. The lowest BCUT2D eigenvalue weighted by Crippen LogP contribution is -1.96. The van der Waals surface area contributed by atoms with E-state index >= 15 is 0 Å². The highest BCUT2D eigenvalue weighted by molar-refractivity contribution is 6.32. The van der Waals surface area contributed by atoms with Gasteiger partial charge in [0.1, 0.15) is 29.6 Å². The van der Waals surface area contributed by atoms with Gasteiger partial charge in [0.05, 0.1) is 12.1 Å². The Bertz CT molecular complexity index is 833. The number of methoxy groups -OCH3 is 1. The van der Waals surface area contributed by atoms with Crippen LogP contribution >= 0.6 is 11.6 Å². The van der Waals surface area contributed by atoms with Gasteiger partial charge in [-0.15, -0.1) is 0 Å². The molecule has 2 N–H and O–H groups in total. The summed E-state index contributed by atoms with van der Waals surface area (Å²) in [5, 5.41) is 0.526. The molecule has 0 fully saturated rings. The maximum atomic E-state index is 6.22. The number of hydrogen-bond acceptors (Lipinski definition) is 4. The Morgan fingerprint density at radius 1 is 0.840 bits per heavy atom. The van der Waals surface area contributed by atoms with Gasteiger partial charge in [-0.1, -0.05) is 23.7 Å². The van der Waals surface area contributed by atoms with Crippen LogP contribution in [-0.2, 0) is 6.61 Å². The van der Waals surface area contributed by atoms with Gasteiger partial charge in [0, 0.05) is 11.8 Å². The number of ether oxygens (including phenoxy) is 3. The van der Waals surface area contributed by atoms with Crippen LogP contribution in [0.5, 0.6) is 23.0 Å². The van der Waals surface area contributed by atoms with Crippen molar-refractivity contribution in [3.8, 4) is 23.0 Å². The Kier molecular flexibility index (Phi) is 5.31. The third-order valence-corrected chi connectivity index (χ3v) is 3.88. The van der Waals surface area contributed by atoms with Crippen LogP contribution in [0.3, 0.4) is 0 Å². The van der Waals surface area contributed by atoms with Gasteiger partial charge in [0.2, 0.25) is 0 Å². The number of halogens is 1. The number of benzene rings is 3. The van der Waals surface area contributed by atoms with Crippen molar-refractivity contribution in [2.24, 2.45) is 0 Å². The minimum absolute atomic E-state index is 0.398. The molecule has 25 heavy (non-hydrogen) atoms. The lowest BCUT2D eigenvalue weighted by atomic mass is 10.2. The van der Waals surface area contributed by atoms with E-state index in [1.54, 1.807) is 37.4 Å². The Balaban J connectivity index is 1.69. The van der Waals surface area contributed by atoms with Crippen LogP contribution in [0.15, 0.2) is 66.7 Å². The average molecular weight is 356 g/mol. The summed E-state index contributed by atoms with van der Waals surface area (Å²) in [4.78, 5) is 0. The largest absolute Gasteiger partial charge is 0.497 e. The van der Waals surface area contributed by atoms with E-state index in [4.69, 9.17) is 31.5 Å². The van der Waals surface area contributed by atoms with Crippen LogP contribution in [-0.4, -0.2) is 7.11 Å². The molecule has 128 valence electrons. The zero-order valence-electron chi connectivity index (χ0n) is 13.7. The predicted molar refractivity (Wildman–Crippen MR) is 99.7 cm³/mol. The van der Waals surface area contributed by atoms with Gasteiger partial charge in [-0.3, -0.25) is 0 Å². The van der Waals surface area contributed by atoms with Crippen LogP contribution in [0.2, 0.25) is 5.02 Å². The highest BCUT2D eigenvalue weighted by atomic mass is 35.5. The monoisotopic (exact) mass is 355 g/mol. The van der Waals surface area contributed by atoms with Crippen LogP contribution in [0.4, 0.5) is 5.69 Å². The van der Waals surface area contributed by atoms with Crippen molar-refractivity contribution < 1.29 is 14.2 Å². The first-order chi connectivity index (χ1) is 12.1. The van der Waals surface area contributed by atoms with E-state index in [0.29, 0.717) is 34.6 Å². The van der Waals surface area contributed by atoms with E-state index in [0.717, 1.165) is 11.3 Å². The quantitative estimate of drug-likeness (QED) is 0.609. The Labute approximate surface area is 151 Å². The summed E-state index contributed by atoms with van der Waals surface area (Å²) in [5.74, 6) is 2.70. The zero-order valence-corrected chi connectivity index (χ0v) is 14.5. The normalized spacial score (nSPS) is 10.3. The zero-order chi connectivity index (χ0) is 17.6. The van der Waals surface area contributed by atoms with Gasteiger partial charge < -0.3 is 19.9 Å². The SMILES string of the molecule is COc1ccc(COc2cc(Oc3ccc(N)cc3)ccc2Cl)cc1. The van der Waals surface area contributed by atoms with E-state index in [2.05, 4.69) is 0 Å². The Hall–Kier alpha value is -2.85. The molecule has 0 aromatic heterocycles. The fourth-order valence-electron chi connectivity index (χ4n) is 2.21. The van der Waals surface area contributed by atoms with Gasteiger partial charge in [-0.05, 0) is 54.1 Å². The molecule has 0 saturated carbocycles. The Morgan fingerprint density at radius 2 is 1.48 bits per heavy atom. The maximum Gasteiger partial charge on any atom is 0.142 e. The van der Waals surface area contributed by atoms with Crippen molar-refractivity contribution in [2.45, 2.75) is 6.61 Å². The van der Waals surface area contributed by atoms with Gasteiger partial charge in [-0.2, -0.15) is 0 Å². The van der Waals surface area contributed by atoms with Crippen molar-refractivity contribution >= 4 is 17.3 Å². The third kappa shape index (κ3) is 4.58. The van der Waals surface area contributed by atoms with Crippen LogP contribution in [0, 0.1) is 0 Å². The molecule has 0 heterocycles. The van der Waals surface area contributed by atoms with Gasteiger partial charge in [0.25, 0.3) is 0 Å². The topological polar surface area (TPSA) is 53.7 Å². The molecule has 5 heteroatoms. The molecule has 0 bridgehead atoms. The molecule has 0 aliphatic heterocycles. The molecular formula is C20H18ClNO3. The first-order valence-electron chi connectivity index (χ1n) is 7.73. The van der Waals surface area contributed by atoms with Crippen LogP contribution in [0.1, 0.15) is 5.56 Å². The van der Waals surface area contributed by atoms with Gasteiger partial charge in [-0.25, -0.2) is 0 Å². The predicted octanol–water partition coefficient (Wildman–Crippen LogP) is 5.30. The van der Waals surface area contributed by atoms with E-state index in [1.807, 2.05) is 36.4 Å². The van der Waals surface area contributed by atoms with Gasteiger partial charge in [0.15, 0.2) is 0 Å². The molecular weight excluding hydrogens is 338 g/mol. The summed E-state index contributed by atoms with van der Waals surface area (Å²) in [5.41, 5.74) is 7.38. The molecule has 0 amide bonds. The second kappa shape index (κ2) is 7.81. The maximum absolute atomic E-state index is 6.22. The summed E-state index contributed by atoms with van der Waals surface area (Å²) >= 11 is 6.22. The molecule has 0 unspecified atom stereocenters. The first-order valence-corrected chi connectivity index (χ1v) is 8.10. The smallest absolute Gasteiger partial charge is 0.142 e. The molecule has 0 saturated heterocycles. The molecule has 3 aromatic carbocycles. The molecule has 3 aromatic rings. The average Bonchev–Trinajstić information content (AvgIpc) is 2.64. The number of anilines is 1. The van der Waals surface area contributed by atoms with Gasteiger partial charge >= 0.3 is 0 Å². The summed E-state index contributed by atoms with van der Waals surface area (Å²) in [7, 11) is 1.64. The minimum atomic E-state index is 0.398. The second-order valence-corrected chi connectivity index (χ2v) is 5.81. The van der Waals surface area contributed by atoms with Crippen molar-refractivity contribution in [2.75, 3.05) is 12.8 Å². The highest BCUT2D eigenvalue weighted by Gasteiger charge is 2.06. The number of rotatable bonds is 6. The third-order valence-electron chi connectivity index (χ3n) is 3.57. The molecule has 0 spiro atoms. The lowest BCUT2D eigenvalue weighted by molar-refractivity contribution is 0.304. The number of nitrogens with two attached hydrogens (primary N) is 1. The fourth-order valence-corrected chi connectivity index (χ4v) is 2.38. The second-order valence-electron chi connectivity index (χ2n) is 5.40. The number of nitrogen functional groups attached to an aromatic ring is 1. The summed E-state index contributed by atoms with van der Waals surface area (Å²) in [6.07, 6.45) is 0. The summed E-state index contributed by atoms with van der Waals surface area (Å²) in [6.45, 7) is 0.398. The fraction of sp³-hybridized carbons (Fsp3) is 0.100. The van der Waals surface area contributed by atoms with Crippen LogP contribution in [0.25, 0.3) is 0 Å². The molecule has 0 atom stereocenters. The van der Waals surface area contributed by atoms with Crippen molar-refractivity contribution in [3.05, 3.63) is 77.3 Å². The molecule has 0 aliphatic rings.